The number of hydrogen-bond acceptors (Lipinski definition) is 4. The highest BCUT2D eigenvalue weighted by Crippen LogP contribution is 2.30. The Kier molecular flexibility index (Phi) is 5.72. The van der Waals surface area contributed by atoms with Gasteiger partial charge in [-0.05, 0) is 59.8 Å². The molecule has 0 aliphatic carbocycles. The Balaban J connectivity index is 1.81. The van der Waals surface area contributed by atoms with Crippen molar-refractivity contribution >= 4 is 68.1 Å². The molecule has 4 aromatic rings. The van der Waals surface area contributed by atoms with E-state index in [1.165, 1.54) is 23.1 Å². The molecule has 3 nitrogen and oxygen atoms in total. The van der Waals surface area contributed by atoms with Gasteiger partial charge in [-0.15, -0.1) is 11.3 Å². The van der Waals surface area contributed by atoms with Gasteiger partial charge in [0.1, 0.15) is 4.70 Å². The van der Waals surface area contributed by atoms with Gasteiger partial charge in [0.25, 0.3) is 5.56 Å². The summed E-state index contributed by atoms with van der Waals surface area (Å²) < 4.78 is 2.28. The zero-order chi connectivity index (χ0) is 19.8. The van der Waals surface area contributed by atoms with Crippen molar-refractivity contribution in [3.8, 4) is 5.69 Å². The quantitative estimate of drug-likeness (QED) is 0.239. The minimum Gasteiger partial charge on any atom is -0.267 e. The van der Waals surface area contributed by atoms with Crippen molar-refractivity contribution in [3.05, 3.63) is 84.4 Å². The van der Waals surface area contributed by atoms with Crippen LogP contribution in [0.5, 0.6) is 0 Å². The number of aryl methyl sites for hydroxylation is 1. The molecular weight excluding hydrogens is 455 g/mol. The first-order valence-corrected chi connectivity index (χ1v) is 11.3. The molecule has 2 heterocycles. The Morgan fingerprint density at radius 2 is 1.82 bits per heavy atom. The van der Waals surface area contributed by atoms with E-state index in [4.69, 9.17) is 39.8 Å². The molecule has 0 saturated carbocycles. The van der Waals surface area contributed by atoms with Gasteiger partial charge in [-0.25, -0.2) is 4.98 Å². The summed E-state index contributed by atoms with van der Waals surface area (Å²) in [7, 11) is 0. The third kappa shape index (κ3) is 3.82. The molecule has 0 spiro atoms. The first-order chi connectivity index (χ1) is 13.4. The predicted octanol–water partition coefficient (Wildman–Crippen LogP) is 7.01. The van der Waals surface area contributed by atoms with Gasteiger partial charge in [0.05, 0.1) is 21.2 Å². The van der Waals surface area contributed by atoms with Crippen molar-refractivity contribution in [2.75, 3.05) is 0 Å². The van der Waals surface area contributed by atoms with E-state index >= 15 is 0 Å². The maximum absolute atomic E-state index is 13.2. The molecule has 142 valence electrons. The van der Waals surface area contributed by atoms with Gasteiger partial charge in [-0.3, -0.25) is 9.36 Å². The van der Waals surface area contributed by atoms with Crippen molar-refractivity contribution < 1.29 is 0 Å². The number of benzene rings is 2. The third-order valence-electron chi connectivity index (χ3n) is 4.17. The number of thiophene rings is 1. The van der Waals surface area contributed by atoms with E-state index in [9.17, 15) is 4.79 Å². The standard InChI is InChI=1S/C20H13Cl3N2OS2/c1-11-9-27-18-17(11)24-20(28-10-12-2-7-15(22)16(23)8-12)25(19(18)26)14-5-3-13(21)4-6-14/h2-9H,10H2,1H3. The molecule has 0 unspecified atom stereocenters. The molecule has 0 N–H and O–H groups in total. The molecule has 2 aromatic carbocycles. The minimum atomic E-state index is -0.0814. The summed E-state index contributed by atoms with van der Waals surface area (Å²) in [5.41, 5.74) is 3.39. The summed E-state index contributed by atoms with van der Waals surface area (Å²) in [5.74, 6) is 0.603. The topological polar surface area (TPSA) is 34.9 Å². The molecule has 0 saturated heterocycles. The fourth-order valence-corrected chi connectivity index (χ4v) is 5.07. The van der Waals surface area contributed by atoms with Crippen molar-refractivity contribution in [1.29, 1.82) is 0 Å². The summed E-state index contributed by atoms with van der Waals surface area (Å²) >= 11 is 21.0. The Labute approximate surface area is 184 Å². The van der Waals surface area contributed by atoms with Crippen molar-refractivity contribution in [3.63, 3.8) is 0 Å². The molecule has 0 atom stereocenters. The molecule has 28 heavy (non-hydrogen) atoms. The van der Waals surface area contributed by atoms with Crippen LogP contribution >= 0.6 is 57.9 Å². The van der Waals surface area contributed by atoms with Crippen molar-refractivity contribution in [2.24, 2.45) is 0 Å². The molecule has 0 aliphatic heterocycles. The van der Waals surface area contributed by atoms with E-state index in [2.05, 4.69) is 0 Å². The Hall–Kier alpha value is -1.50. The van der Waals surface area contributed by atoms with Crippen LogP contribution in [0.2, 0.25) is 15.1 Å². The highest BCUT2D eigenvalue weighted by molar-refractivity contribution is 7.98. The Morgan fingerprint density at radius 3 is 2.54 bits per heavy atom. The summed E-state index contributed by atoms with van der Waals surface area (Å²) in [6.07, 6.45) is 0. The lowest BCUT2D eigenvalue weighted by Crippen LogP contribution is -2.21. The molecule has 0 amide bonds. The van der Waals surface area contributed by atoms with Crippen LogP contribution in [0.3, 0.4) is 0 Å². The van der Waals surface area contributed by atoms with Gasteiger partial charge in [-0.1, -0.05) is 52.6 Å². The first kappa shape index (κ1) is 19.8. The van der Waals surface area contributed by atoms with Gasteiger partial charge >= 0.3 is 0 Å². The minimum absolute atomic E-state index is 0.0814. The van der Waals surface area contributed by atoms with E-state index in [1.807, 2.05) is 36.6 Å². The van der Waals surface area contributed by atoms with Crippen LogP contribution in [0, 0.1) is 6.92 Å². The summed E-state index contributed by atoms with van der Waals surface area (Å²) in [6.45, 7) is 1.96. The van der Waals surface area contributed by atoms with Crippen LogP contribution in [0.25, 0.3) is 15.9 Å². The second-order valence-corrected chi connectivity index (χ2v) is 9.22. The normalized spacial score (nSPS) is 11.3. The zero-order valence-electron chi connectivity index (χ0n) is 14.6. The highest BCUT2D eigenvalue weighted by atomic mass is 35.5. The van der Waals surface area contributed by atoms with E-state index in [-0.39, 0.29) is 5.56 Å². The smallest absolute Gasteiger partial charge is 0.267 e. The van der Waals surface area contributed by atoms with Gasteiger partial charge in [-0.2, -0.15) is 0 Å². The van der Waals surface area contributed by atoms with E-state index in [0.717, 1.165) is 22.3 Å². The maximum atomic E-state index is 13.2. The largest absolute Gasteiger partial charge is 0.276 e. The number of halogens is 3. The number of fused-ring (bicyclic) bond motifs is 1. The number of rotatable bonds is 4. The van der Waals surface area contributed by atoms with Crippen LogP contribution in [0.15, 0.2) is 57.8 Å². The second kappa shape index (κ2) is 8.09. The lowest BCUT2D eigenvalue weighted by molar-refractivity contribution is 0.821. The summed E-state index contributed by atoms with van der Waals surface area (Å²) in [4.78, 5) is 18.0. The van der Waals surface area contributed by atoms with E-state index in [0.29, 0.717) is 30.7 Å². The molecule has 0 bridgehead atoms. The van der Waals surface area contributed by atoms with Gasteiger partial charge in [0, 0.05) is 10.8 Å². The third-order valence-corrected chi connectivity index (χ3v) is 7.25. The highest BCUT2D eigenvalue weighted by Gasteiger charge is 2.16. The van der Waals surface area contributed by atoms with Crippen molar-refractivity contribution in [2.45, 2.75) is 17.8 Å². The van der Waals surface area contributed by atoms with E-state index in [1.54, 1.807) is 22.8 Å². The number of thioether (sulfide) groups is 1. The molecule has 2 aromatic heterocycles. The van der Waals surface area contributed by atoms with Crippen LogP contribution in [-0.2, 0) is 5.75 Å². The fourth-order valence-electron chi connectivity index (χ4n) is 2.75. The first-order valence-electron chi connectivity index (χ1n) is 8.27. The second-order valence-electron chi connectivity index (χ2n) is 6.14. The molecular formula is C20H13Cl3N2OS2. The molecule has 0 fully saturated rings. The summed E-state index contributed by atoms with van der Waals surface area (Å²) in [5, 5.41) is 4.21. The van der Waals surface area contributed by atoms with Crippen LogP contribution < -0.4 is 5.56 Å². The van der Waals surface area contributed by atoms with Crippen molar-refractivity contribution in [1.82, 2.24) is 9.55 Å². The van der Waals surface area contributed by atoms with Gasteiger partial charge in [0.15, 0.2) is 5.16 Å². The van der Waals surface area contributed by atoms with Crippen LogP contribution in [-0.4, -0.2) is 9.55 Å². The number of nitrogens with zero attached hydrogens (tertiary/aromatic N) is 2. The number of hydrogen-bond donors (Lipinski definition) is 0. The Morgan fingerprint density at radius 1 is 1.07 bits per heavy atom. The van der Waals surface area contributed by atoms with Crippen LogP contribution in [0.4, 0.5) is 0 Å². The predicted molar refractivity (Wildman–Crippen MR) is 121 cm³/mol. The molecule has 0 aliphatic rings. The monoisotopic (exact) mass is 466 g/mol. The average Bonchev–Trinajstić information content (AvgIpc) is 3.05. The zero-order valence-corrected chi connectivity index (χ0v) is 18.5. The number of aromatic nitrogens is 2. The molecule has 0 radical (unpaired) electrons. The molecule has 8 heteroatoms. The SMILES string of the molecule is Cc1csc2c(=O)n(-c3ccc(Cl)cc3)c(SCc3ccc(Cl)c(Cl)c3)nc12. The Bertz CT molecular complexity index is 1230. The average molecular weight is 468 g/mol. The lowest BCUT2D eigenvalue weighted by Gasteiger charge is -2.12. The molecule has 4 rings (SSSR count). The fraction of sp³-hybridized carbons (Fsp3) is 0.100. The van der Waals surface area contributed by atoms with E-state index < -0.39 is 0 Å². The van der Waals surface area contributed by atoms with Crippen LogP contribution in [0.1, 0.15) is 11.1 Å². The van der Waals surface area contributed by atoms with Gasteiger partial charge in [0.2, 0.25) is 0 Å². The maximum Gasteiger partial charge on any atom is 0.276 e. The summed E-state index contributed by atoms with van der Waals surface area (Å²) in [6, 6.07) is 12.7. The lowest BCUT2D eigenvalue weighted by atomic mass is 10.2. The van der Waals surface area contributed by atoms with Gasteiger partial charge < -0.3 is 0 Å².